The fraction of sp³-hybridized carbons (Fsp3) is 0.300. The Hall–Kier alpha value is -2.50. The Kier molecular flexibility index (Phi) is 7.63. The predicted molar refractivity (Wildman–Crippen MR) is 124 cm³/mol. The van der Waals surface area contributed by atoms with E-state index in [0.29, 0.717) is 22.5 Å². The highest BCUT2D eigenvalue weighted by Crippen LogP contribution is 2.27. The van der Waals surface area contributed by atoms with Gasteiger partial charge in [-0.15, -0.1) is 11.3 Å². The number of benzene rings is 1. The first kappa shape index (κ1) is 23.2. The van der Waals surface area contributed by atoms with E-state index in [1.807, 2.05) is 26.8 Å². The van der Waals surface area contributed by atoms with Crippen molar-refractivity contribution in [2.45, 2.75) is 43.7 Å². The molecule has 0 fully saturated rings. The number of anilines is 2. The highest BCUT2D eigenvalue weighted by molar-refractivity contribution is 8.13. The number of carbonyl (C=O) groups is 1. The molecule has 1 amide bonds. The summed E-state index contributed by atoms with van der Waals surface area (Å²) in [6.07, 6.45) is 3.18. The number of nitrogens with one attached hydrogen (secondary N) is 1. The summed E-state index contributed by atoms with van der Waals surface area (Å²) in [7, 11) is -3.76. The van der Waals surface area contributed by atoms with E-state index >= 15 is 0 Å². The Morgan fingerprint density at radius 1 is 1.16 bits per heavy atom. The Labute approximate surface area is 190 Å². The van der Waals surface area contributed by atoms with E-state index in [9.17, 15) is 13.2 Å². The van der Waals surface area contributed by atoms with E-state index in [2.05, 4.69) is 20.3 Å². The lowest BCUT2D eigenvalue weighted by Crippen LogP contribution is -2.31. The van der Waals surface area contributed by atoms with Crippen molar-refractivity contribution in [1.29, 1.82) is 0 Å². The summed E-state index contributed by atoms with van der Waals surface area (Å²) in [6.45, 7) is 6.04. The number of aryl methyl sites for hydroxylation is 2. The standard InChI is InChI=1S/C20H23N5O3S3/c1-4-5-11-25(19-21-10-12-29-19)31(27,28)17-8-6-16(7-9-17)24-20(26)30-18-22-14(2)13-15(3)23-18/h6-10,12-13H,4-5,11H2,1-3H3,(H,24,26). The largest absolute Gasteiger partial charge is 0.316 e. The zero-order valence-electron chi connectivity index (χ0n) is 17.4. The van der Waals surface area contributed by atoms with Crippen LogP contribution in [0.15, 0.2) is 52.0 Å². The number of unbranched alkanes of at least 4 members (excludes halogenated alkanes) is 1. The van der Waals surface area contributed by atoms with Gasteiger partial charge in [0.05, 0.1) is 4.90 Å². The lowest BCUT2D eigenvalue weighted by molar-refractivity contribution is 0.269. The molecule has 0 unspecified atom stereocenters. The monoisotopic (exact) mass is 477 g/mol. The number of nitrogens with zero attached hydrogens (tertiary/aromatic N) is 4. The Morgan fingerprint density at radius 3 is 2.42 bits per heavy atom. The first-order valence-corrected chi connectivity index (χ1v) is 12.8. The second-order valence-electron chi connectivity index (χ2n) is 6.72. The minimum atomic E-state index is -3.76. The molecule has 2 aromatic heterocycles. The zero-order chi connectivity index (χ0) is 22.4. The molecule has 0 saturated heterocycles. The molecule has 0 bridgehead atoms. The molecule has 0 aliphatic carbocycles. The Balaban J connectivity index is 1.73. The molecule has 3 rings (SSSR count). The summed E-state index contributed by atoms with van der Waals surface area (Å²) in [6, 6.07) is 7.92. The van der Waals surface area contributed by atoms with Gasteiger partial charge in [0.1, 0.15) is 0 Å². The maximum Gasteiger partial charge on any atom is 0.291 e. The van der Waals surface area contributed by atoms with Crippen LogP contribution in [0.3, 0.4) is 0 Å². The van der Waals surface area contributed by atoms with Crippen molar-refractivity contribution >= 4 is 49.2 Å². The van der Waals surface area contributed by atoms with E-state index in [1.54, 1.807) is 23.7 Å². The summed E-state index contributed by atoms with van der Waals surface area (Å²) >= 11 is 2.16. The van der Waals surface area contributed by atoms with E-state index in [-0.39, 0.29) is 10.1 Å². The second-order valence-corrected chi connectivity index (χ2v) is 10.4. The zero-order valence-corrected chi connectivity index (χ0v) is 19.9. The van der Waals surface area contributed by atoms with Gasteiger partial charge in [0, 0.05) is 47.0 Å². The van der Waals surface area contributed by atoms with Crippen LogP contribution in [0, 0.1) is 13.8 Å². The molecular weight excluding hydrogens is 454 g/mol. The number of hydrogen-bond acceptors (Lipinski definition) is 8. The Bertz CT molecular complexity index is 1110. The van der Waals surface area contributed by atoms with Crippen molar-refractivity contribution in [1.82, 2.24) is 15.0 Å². The van der Waals surface area contributed by atoms with E-state index in [4.69, 9.17) is 0 Å². The van der Waals surface area contributed by atoms with Crippen LogP contribution >= 0.6 is 23.1 Å². The van der Waals surface area contributed by atoms with E-state index < -0.39 is 10.0 Å². The Morgan fingerprint density at radius 2 is 1.84 bits per heavy atom. The summed E-state index contributed by atoms with van der Waals surface area (Å²) in [5.74, 6) is 0. The van der Waals surface area contributed by atoms with Gasteiger partial charge in [-0.2, -0.15) is 0 Å². The quantitative estimate of drug-likeness (QED) is 0.364. The number of carbonyl (C=O) groups excluding carboxylic acids is 1. The van der Waals surface area contributed by atoms with Crippen LogP contribution in [-0.2, 0) is 10.0 Å². The van der Waals surface area contributed by atoms with Crippen LogP contribution in [0.5, 0.6) is 0 Å². The van der Waals surface area contributed by atoms with Gasteiger partial charge in [-0.25, -0.2) is 27.7 Å². The average molecular weight is 478 g/mol. The van der Waals surface area contributed by atoms with Gasteiger partial charge in [-0.1, -0.05) is 13.3 Å². The lowest BCUT2D eigenvalue weighted by atomic mass is 10.3. The molecule has 1 N–H and O–H groups in total. The lowest BCUT2D eigenvalue weighted by Gasteiger charge is -2.21. The van der Waals surface area contributed by atoms with Gasteiger partial charge in [0.15, 0.2) is 10.3 Å². The van der Waals surface area contributed by atoms with E-state index in [0.717, 1.165) is 36.0 Å². The van der Waals surface area contributed by atoms with Crippen LogP contribution < -0.4 is 9.62 Å². The minimum Gasteiger partial charge on any atom is -0.316 e. The second kappa shape index (κ2) is 10.2. The summed E-state index contributed by atoms with van der Waals surface area (Å²) in [5, 5.41) is 4.93. The number of sulfonamides is 1. The summed E-state index contributed by atoms with van der Waals surface area (Å²) in [5.41, 5.74) is 2.05. The number of rotatable bonds is 8. The molecule has 0 radical (unpaired) electrons. The topological polar surface area (TPSA) is 105 Å². The molecule has 31 heavy (non-hydrogen) atoms. The highest BCUT2D eigenvalue weighted by atomic mass is 32.2. The molecule has 0 saturated carbocycles. The maximum atomic E-state index is 13.2. The van der Waals surface area contributed by atoms with Gasteiger partial charge in [0.25, 0.3) is 15.3 Å². The third-order valence-electron chi connectivity index (χ3n) is 4.18. The SMILES string of the molecule is CCCCN(c1nccs1)S(=O)(=O)c1ccc(NC(=O)Sc2nc(C)cc(C)n2)cc1. The molecule has 11 heteroatoms. The fourth-order valence-corrected chi connectivity index (χ4v) is 5.83. The van der Waals surface area contributed by atoms with Crippen molar-refractivity contribution in [2.24, 2.45) is 0 Å². The molecule has 0 aliphatic rings. The maximum absolute atomic E-state index is 13.2. The normalized spacial score (nSPS) is 11.3. The van der Waals surface area contributed by atoms with Gasteiger partial charge in [-0.05, 0) is 50.6 Å². The molecule has 1 aromatic carbocycles. The first-order chi connectivity index (χ1) is 14.8. The molecule has 0 spiro atoms. The van der Waals surface area contributed by atoms with E-state index in [1.165, 1.54) is 27.8 Å². The predicted octanol–water partition coefficient (Wildman–Crippen LogP) is 4.87. The fourth-order valence-electron chi connectivity index (χ4n) is 2.76. The van der Waals surface area contributed by atoms with Crippen molar-refractivity contribution in [3.8, 4) is 0 Å². The van der Waals surface area contributed by atoms with Crippen LogP contribution in [0.25, 0.3) is 0 Å². The number of amides is 1. The van der Waals surface area contributed by atoms with Gasteiger partial charge in [0.2, 0.25) is 0 Å². The van der Waals surface area contributed by atoms with Gasteiger partial charge >= 0.3 is 0 Å². The number of thioether (sulfide) groups is 1. The molecular formula is C20H23N5O3S3. The van der Waals surface area contributed by atoms with Crippen molar-refractivity contribution < 1.29 is 13.2 Å². The average Bonchev–Trinajstić information content (AvgIpc) is 3.22. The summed E-state index contributed by atoms with van der Waals surface area (Å²) < 4.78 is 27.7. The van der Waals surface area contributed by atoms with Crippen LogP contribution in [0.4, 0.5) is 15.6 Å². The van der Waals surface area contributed by atoms with Crippen LogP contribution in [0.2, 0.25) is 0 Å². The molecule has 3 aromatic rings. The molecule has 0 aliphatic heterocycles. The third kappa shape index (κ3) is 6.02. The van der Waals surface area contributed by atoms with Crippen LogP contribution in [-0.4, -0.2) is 35.2 Å². The molecule has 2 heterocycles. The first-order valence-electron chi connectivity index (χ1n) is 9.63. The number of thiazole rings is 1. The smallest absolute Gasteiger partial charge is 0.291 e. The molecule has 0 atom stereocenters. The minimum absolute atomic E-state index is 0.141. The molecule has 8 nitrogen and oxygen atoms in total. The van der Waals surface area contributed by atoms with Crippen molar-refractivity contribution in [3.63, 3.8) is 0 Å². The number of aromatic nitrogens is 3. The van der Waals surface area contributed by atoms with Crippen molar-refractivity contribution in [3.05, 3.63) is 53.3 Å². The number of hydrogen-bond donors (Lipinski definition) is 1. The third-order valence-corrected chi connectivity index (χ3v) is 7.55. The van der Waals surface area contributed by atoms with Gasteiger partial charge in [-0.3, -0.25) is 4.79 Å². The van der Waals surface area contributed by atoms with Crippen molar-refractivity contribution in [2.75, 3.05) is 16.2 Å². The molecule has 164 valence electrons. The summed E-state index contributed by atoms with van der Waals surface area (Å²) in [4.78, 5) is 25.1. The van der Waals surface area contributed by atoms with Crippen LogP contribution in [0.1, 0.15) is 31.2 Å². The van der Waals surface area contributed by atoms with Gasteiger partial charge < -0.3 is 5.32 Å². The highest BCUT2D eigenvalue weighted by Gasteiger charge is 2.26.